The van der Waals surface area contributed by atoms with Crippen LogP contribution in [0, 0.1) is 0 Å². The second-order valence-corrected chi connectivity index (χ2v) is 8.22. The lowest BCUT2D eigenvalue weighted by Gasteiger charge is -2.26. The van der Waals surface area contributed by atoms with Gasteiger partial charge in [0.25, 0.3) is 5.91 Å². The van der Waals surface area contributed by atoms with E-state index < -0.39 is 17.1 Å². The zero-order valence-corrected chi connectivity index (χ0v) is 17.0. The van der Waals surface area contributed by atoms with Crippen LogP contribution in [-0.2, 0) is 5.60 Å². The Morgan fingerprint density at radius 2 is 1.83 bits per heavy atom. The summed E-state index contributed by atoms with van der Waals surface area (Å²) < 4.78 is 10.5. The molecule has 29 heavy (non-hydrogen) atoms. The summed E-state index contributed by atoms with van der Waals surface area (Å²) in [4.78, 5) is 26.5. The van der Waals surface area contributed by atoms with E-state index in [9.17, 15) is 14.7 Å². The summed E-state index contributed by atoms with van der Waals surface area (Å²) in [6.45, 7) is -0.0809. The highest BCUT2D eigenvalue weighted by Crippen LogP contribution is 2.35. The van der Waals surface area contributed by atoms with Crippen LogP contribution in [0.25, 0.3) is 11.0 Å². The first kappa shape index (κ1) is 19.4. The number of para-hydroxylation sites is 1. The van der Waals surface area contributed by atoms with Gasteiger partial charge in [-0.05, 0) is 35.0 Å². The SMILES string of the molecule is COc1cccc2cc(C(=O)NCC(O)(c3cccs3)c3cccs3)c(=O)oc12. The third kappa shape index (κ3) is 3.57. The number of hydrogen-bond donors (Lipinski definition) is 2. The average Bonchev–Trinajstić information content (AvgIpc) is 3.45. The minimum atomic E-state index is -1.38. The molecular formula is C21H17NO5S2. The predicted octanol–water partition coefficient (Wildman–Crippen LogP) is 3.59. The minimum Gasteiger partial charge on any atom is -0.493 e. The summed E-state index contributed by atoms with van der Waals surface area (Å²) >= 11 is 2.79. The van der Waals surface area contributed by atoms with E-state index in [1.54, 1.807) is 18.2 Å². The Kier molecular flexibility index (Phi) is 5.23. The molecule has 3 aromatic heterocycles. The molecule has 2 N–H and O–H groups in total. The molecule has 0 fully saturated rings. The standard InChI is InChI=1S/C21H17NO5S2/c1-26-15-6-2-5-13-11-14(20(24)27-18(13)15)19(23)22-12-21(25,16-7-3-9-28-16)17-8-4-10-29-17/h2-11,25H,12H2,1H3,(H,22,23). The van der Waals surface area contributed by atoms with E-state index in [4.69, 9.17) is 9.15 Å². The van der Waals surface area contributed by atoms with E-state index in [1.165, 1.54) is 35.8 Å². The Hall–Kier alpha value is -2.94. The second-order valence-electron chi connectivity index (χ2n) is 6.32. The Morgan fingerprint density at radius 3 is 2.41 bits per heavy atom. The maximum Gasteiger partial charge on any atom is 0.349 e. The fourth-order valence-electron chi connectivity index (χ4n) is 3.06. The molecule has 4 rings (SSSR count). The Balaban J connectivity index is 1.64. The smallest absolute Gasteiger partial charge is 0.349 e. The predicted molar refractivity (Wildman–Crippen MR) is 113 cm³/mol. The van der Waals surface area contributed by atoms with E-state index in [0.717, 1.165) is 0 Å². The van der Waals surface area contributed by atoms with E-state index in [1.807, 2.05) is 35.0 Å². The molecule has 148 valence electrons. The first-order valence-corrected chi connectivity index (χ1v) is 10.5. The van der Waals surface area contributed by atoms with Gasteiger partial charge in [-0.25, -0.2) is 4.79 Å². The Labute approximate surface area is 174 Å². The molecule has 0 saturated carbocycles. The quantitative estimate of drug-likeness (QED) is 0.459. The van der Waals surface area contributed by atoms with Gasteiger partial charge in [0.05, 0.1) is 13.7 Å². The van der Waals surface area contributed by atoms with Crippen molar-refractivity contribution in [2.24, 2.45) is 0 Å². The first-order chi connectivity index (χ1) is 14.0. The third-order valence-electron chi connectivity index (χ3n) is 4.55. The van der Waals surface area contributed by atoms with Crippen LogP contribution in [0.4, 0.5) is 0 Å². The van der Waals surface area contributed by atoms with Crippen molar-refractivity contribution in [3.8, 4) is 5.75 Å². The number of ether oxygens (including phenoxy) is 1. The highest BCUT2D eigenvalue weighted by Gasteiger charge is 2.34. The number of benzene rings is 1. The molecular weight excluding hydrogens is 410 g/mol. The number of thiophene rings is 2. The van der Waals surface area contributed by atoms with Gasteiger partial charge in [-0.3, -0.25) is 4.79 Å². The topological polar surface area (TPSA) is 88.8 Å². The summed E-state index contributed by atoms with van der Waals surface area (Å²) in [6.07, 6.45) is 0. The first-order valence-electron chi connectivity index (χ1n) is 8.72. The normalized spacial score (nSPS) is 11.5. The van der Waals surface area contributed by atoms with Gasteiger partial charge >= 0.3 is 5.63 Å². The molecule has 0 atom stereocenters. The van der Waals surface area contributed by atoms with Crippen molar-refractivity contribution in [3.05, 3.63) is 85.0 Å². The third-order valence-corrected chi connectivity index (χ3v) is 6.59. The Bertz CT molecular complexity index is 1160. The highest BCUT2D eigenvalue weighted by atomic mass is 32.1. The molecule has 0 unspecified atom stereocenters. The molecule has 0 aliphatic heterocycles. The molecule has 0 radical (unpaired) electrons. The zero-order chi connectivity index (χ0) is 20.4. The second kappa shape index (κ2) is 7.82. The summed E-state index contributed by atoms with van der Waals surface area (Å²) in [5.74, 6) is -0.202. The van der Waals surface area contributed by atoms with Crippen molar-refractivity contribution in [1.82, 2.24) is 5.32 Å². The lowest BCUT2D eigenvalue weighted by Crippen LogP contribution is -2.41. The summed E-state index contributed by atoms with van der Waals surface area (Å²) in [5.41, 5.74) is -2.00. The summed E-state index contributed by atoms with van der Waals surface area (Å²) in [5, 5.41) is 18.3. The number of methoxy groups -OCH3 is 1. The number of fused-ring (bicyclic) bond motifs is 1. The van der Waals surface area contributed by atoms with Gasteiger partial charge in [0.2, 0.25) is 0 Å². The van der Waals surface area contributed by atoms with Crippen LogP contribution in [0.3, 0.4) is 0 Å². The van der Waals surface area contributed by atoms with Crippen LogP contribution in [0.15, 0.2) is 68.5 Å². The molecule has 0 aliphatic carbocycles. The van der Waals surface area contributed by atoms with E-state index in [-0.39, 0.29) is 17.7 Å². The lowest BCUT2D eigenvalue weighted by molar-refractivity contribution is 0.0737. The van der Waals surface area contributed by atoms with Crippen molar-refractivity contribution in [3.63, 3.8) is 0 Å². The molecule has 6 nitrogen and oxygen atoms in total. The Morgan fingerprint density at radius 1 is 1.14 bits per heavy atom. The molecule has 4 aromatic rings. The van der Waals surface area contributed by atoms with E-state index in [0.29, 0.717) is 20.9 Å². The molecule has 1 amide bonds. The van der Waals surface area contributed by atoms with E-state index in [2.05, 4.69) is 5.32 Å². The average molecular weight is 428 g/mol. The molecule has 0 saturated heterocycles. The number of amides is 1. The van der Waals surface area contributed by atoms with Gasteiger partial charge in [0, 0.05) is 15.1 Å². The van der Waals surface area contributed by atoms with Crippen LogP contribution in [0.1, 0.15) is 20.1 Å². The van der Waals surface area contributed by atoms with Gasteiger partial charge in [-0.2, -0.15) is 0 Å². The molecule has 1 aromatic carbocycles. The van der Waals surface area contributed by atoms with Crippen molar-refractivity contribution in [2.75, 3.05) is 13.7 Å². The number of aliphatic hydroxyl groups is 1. The van der Waals surface area contributed by atoms with Crippen LogP contribution < -0.4 is 15.7 Å². The van der Waals surface area contributed by atoms with Gasteiger partial charge in [-0.1, -0.05) is 24.3 Å². The van der Waals surface area contributed by atoms with Gasteiger partial charge in [-0.15, -0.1) is 22.7 Å². The van der Waals surface area contributed by atoms with Crippen LogP contribution >= 0.6 is 22.7 Å². The molecule has 3 heterocycles. The van der Waals surface area contributed by atoms with Gasteiger partial charge in [0.15, 0.2) is 11.3 Å². The molecule has 0 bridgehead atoms. The van der Waals surface area contributed by atoms with Crippen molar-refractivity contribution in [2.45, 2.75) is 5.60 Å². The number of rotatable bonds is 6. The lowest BCUT2D eigenvalue weighted by atomic mass is 9.99. The van der Waals surface area contributed by atoms with Crippen LogP contribution in [0.2, 0.25) is 0 Å². The zero-order valence-electron chi connectivity index (χ0n) is 15.4. The molecule has 8 heteroatoms. The van der Waals surface area contributed by atoms with E-state index >= 15 is 0 Å². The largest absolute Gasteiger partial charge is 0.493 e. The minimum absolute atomic E-state index is 0.0809. The highest BCUT2D eigenvalue weighted by molar-refractivity contribution is 7.11. The van der Waals surface area contributed by atoms with Crippen molar-refractivity contribution < 1.29 is 19.1 Å². The fraction of sp³-hybridized carbons (Fsp3) is 0.143. The van der Waals surface area contributed by atoms with Gasteiger partial charge < -0.3 is 19.6 Å². The number of carbonyl (C=O) groups is 1. The van der Waals surface area contributed by atoms with Gasteiger partial charge in [0.1, 0.15) is 11.2 Å². The fourth-order valence-corrected chi connectivity index (χ4v) is 4.80. The van der Waals surface area contributed by atoms with Crippen molar-refractivity contribution >= 4 is 39.5 Å². The number of nitrogens with one attached hydrogen (secondary N) is 1. The maximum atomic E-state index is 12.7. The van der Waals surface area contributed by atoms with Crippen molar-refractivity contribution in [1.29, 1.82) is 0 Å². The molecule has 0 aliphatic rings. The maximum absolute atomic E-state index is 12.7. The summed E-state index contributed by atoms with van der Waals surface area (Å²) in [7, 11) is 1.48. The number of carbonyl (C=O) groups excluding carboxylic acids is 1. The van der Waals surface area contributed by atoms with Crippen LogP contribution in [-0.4, -0.2) is 24.7 Å². The monoisotopic (exact) mass is 427 g/mol. The summed E-state index contributed by atoms with van der Waals surface area (Å²) in [6, 6.07) is 13.9. The number of hydrogen-bond acceptors (Lipinski definition) is 7. The molecule has 0 spiro atoms. The van der Waals surface area contributed by atoms with Crippen LogP contribution in [0.5, 0.6) is 5.75 Å².